The third kappa shape index (κ3) is 42.1. The molecular weight excluding hydrogens is 565 g/mol. The van der Waals surface area contributed by atoms with Gasteiger partial charge in [0.25, 0.3) is 0 Å². The van der Waals surface area contributed by atoms with Crippen LogP contribution in [0.2, 0.25) is 0 Å². The van der Waals surface area contributed by atoms with Gasteiger partial charge in [0.05, 0.1) is 0 Å². The van der Waals surface area contributed by atoms with E-state index in [1.54, 1.807) is 0 Å². The standard InChI is InChI=1S/C47H96/c1-4-7-9-11-13-15-17-19-21-23-25-27-29-31-33-35-37-39-41-43-45-47(6-3)46-44-42-40-38-36-34-32-30-28-26-24-22-20-18-16-14-12-10-8-5-2/h47H,4-46H2,1-3H3. The summed E-state index contributed by atoms with van der Waals surface area (Å²) in [6, 6.07) is 0. The molecule has 0 nitrogen and oxygen atoms in total. The van der Waals surface area contributed by atoms with E-state index in [0.29, 0.717) is 0 Å². The van der Waals surface area contributed by atoms with Gasteiger partial charge in [0.2, 0.25) is 0 Å². The molecule has 0 N–H and O–H groups in total. The minimum absolute atomic E-state index is 1.01. The normalized spacial score (nSPS) is 11.7. The Morgan fingerprint density at radius 2 is 0.340 bits per heavy atom. The van der Waals surface area contributed by atoms with Gasteiger partial charge in [-0.3, -0.25) is 0 Å². The maximum atomic E-state index is 2.44. The van der Waals surface area contributed by atoms with Crippen LogP contribution in [0, 0.1) is 5.92 Å². The Labute approximate surface area is 302 Å². The molecule has 0 aliphatic heterocycles. The highest BCUT2D eigenvalue weighted by Gasteiger charge is 2.06. The van der Waals surface area contributed by atoms with Crippen molar-refractivity contribution < 1.29 is 0 Å². The fourth-order valence-electron chi connectivity index (χ4n) is 7.93. The maximum Gasteiger partial charge on any atom is -0.0417 e. The number of hydrogen-bond donors (Lipinski definition) is 0. The van der Waals surface area contributed by atoms with Gasteiger partial charge < -0.3 is 0 Å². The molecule has 0 bridgehead atoms. The Hall–Kier alpha value is 0. The molecule has 0 aromatic rings. The number of hydrogen-bond acceptors (Lipinski definition) is 0. The summed E-state index contributed by atoms with van der Waals surface area (Å²) in [7, 11) is 0. The average Bonchev–Trinajstić information content (AvgIpc) is 3.09. The fourth-order valence-corrected chi connectivity index (χ4v) is 7.93. The van der Waals surface area contributed by atoms with E-state index in [4.69, 9.17) is 0 Å². The van der Waals surface area contributed by atoms with E-state index in [0.717, 1.165) is 5.92 Å². The molecule has 0 aliphatic carbocycles. The first-order valence-corrected chi connectivity index (χ1v) is 23.3. The van der Waals surface area contributed by atoms with E-state index >= 15 is 0 Å². The van der Waals surface area contributed by atoms with Crippen molar-refractivity contribution in [3.63, 3.8) is 0 Å². The van der Waals surface area contributed by atoms with Crippen LogP contribution in [0.3, 0.4) is 0 Å². The molecule has 0 saturated heterocycles. The predicted octanol–water partition coefficient (Wildman–Crippen LogP) is 18.4. The molecule has 0 radical (unpaired) electrons. The van der Waals surface area contributed by atoms with Gasteiger partial charge in [-0.05, 0) is 5.92 Å². The second-order valence-electron chi connectivity index (χ2n) is 16.3. The number of unbranched alkanes of at least 4 members (excludes halogenated alkanes) is 38. The Kier molecular flexibility index (Phi) is 44.0. The lowest BCUT2D eigenvalue weighted by Gasteiger charge is -2.14. The Balaban J connectivity index is 3.23. The summed E-state index contributed by atoms with van der Waals surface area (Å²) in [4.78, 5) is 0. The van der Waals surface area contributed by atoms with Gasteiger partial charge in [-0.1, -0.05) is 297 Å². The van der Waals surface area contributed by atoms with Crippen LogP contribution in [-0.4, -0.2) is 0 Å². The average molecular weight is 661 g/mol. The lowest BCUT2D eigenvalue weighted by Crippen LogP contribution is -1.99. The zero-order valence-electron chi connectivity index (χ0n) is 34.0. The second-order valence-corrected chi connectivity index (χ2v) is 16.3. The van der Waals surface area contributed by atoms with Crippen LogP contribution in [0.5, 0.6) is 0 Å². The van der Waals surface area contributed by atoms with Crippen LogP contribution < -0.4 is 0 Å². The van der Waals surface area contributed by atoms with Gasteiger partial charge in [0.15, 0.2) is 0 Å². The van der Waals surface area contributed by atoms with Crippen LogP contribution in [0.25, 0.3) is 0 Å². The van der Waals surface area contributed by atoms with Crippen molar-refractivity contribution in [2.75, 3.05) is 0 Å². The molecule has 284 valence electrons. The smallest absolute Gasteiger partial charge is 0.0417 e. The molecule has 0 spiro atoms. The van der Waals surface area contributed by atoms with Gasteiger partial charge in [0.1, 0.15) is 0 Å². The maximum absolute atomic E-state index is 2.44. The van der Waals surface area contributed by atoms with Gasteiger partial charge >= 0.3 is 0 Å². The third-order valence-electron chi connectivity index (χ3n) is 11.5. The van der Waals surface area contributed by atoms with Crippen LogP contribution in [0.4, 0.5) is 0 Å². The van der Waals surface area contributed by atoms with E-state index in [1.165, 1.54) is 276 Å². The zero-order valence-corrected chi connectivity index (χ0v) is 34.0. The molecule has 0 unspecified atom stereocenters. The van der Waals surface area contributed by atoms with E-state index in [1.807, 2.05) is 0 Å². The monoisotopic (exact) mass is 661 g/mol. The summed E-state index contributed by atoms with van der Waals surface area (Å²) in [5.74, 6) is 1.01. The minimum Gasteiger partial charge on any atom is -0.0654 e. The summed E-state index contributed by atoms with van der Waals surface area (Å²) in [6.07, 6.45) is 63.8. The highest BCUT2D eigenvalue weighted by Crippen LogP contribution is 2.22. The molecule has 0 atom stereocenters. The molecule has 0 amide bonds. The molecule has 47 heavy (non-hydrogen) atoms. The van der Waals surface area contributed by atoms with Crippen LogP contribution >= 0.6 is 0 Å². The molecule has 0 aromatic carbocycles. The van der Waals surface area contributed by atoms with Crippen molar-refractivity contribution in [1.82, 2.24) is 0 Å². The summed E-state index contributed by atoms with van der Waals surface area (Å²) >= 11 is 0. The Bertz CT molecular complexity index is 464. The van der Waals surface area contributed by atoms with Gasteiger partial charge in [-0.2, -0.15) is 0 Å². The Morgan fingerprint density at radius 3 is 0.489 bits per heavy atom. The summed E-state index contributed by atoms with van der Waals surface area (Å²) < 4.78 is 0. The Morgan fingerprint density at radius 1 is 0.191 bits per heavy atom. The van der Waals surface area contributed by atoms with Crippen LogP contribution in [0.15, 0.2) is 0 Å². The van der Waals surface area contributed by atoms with E-state index in [2.05, 4.69) is 20.8 Å². The molecule has 0 heteroatoms. The van der Waals surface area contributed by atoms with E-state index in [9.17, 15) is 0 Å². The largest absolute Gasteiger partial charge is 0.0654 e. The first kappa shape index (κ1) is 47.0. The second kappa shape index (κ2) is 44.0. The third-order valence-corrected chi connectivity index (χ3v) is 11.5. The lowest BCUT2D eigenvalue weighted by molar-refractivity contribution is 0.392. The highest BCUT2D eigenvalue weighted by atomic mass is 14.1. The molecule has 0 saturated carbocycles. The van der Waals surface area contributed by atoms with Gasteiger partial charge in [-0.25, -0.2) is 0 Å². The minimum atomic E-state index is 1.01. The van der Waals surface area contributed by atoms with Crippen molar-refractivity contribution in [2.45, 2.75) is 297 Å². The molecule has 0 rings (SSSR count). The first-order valence-electron chi connectivity index (χ1n) is 23.3. The van der Waals surface area contributed by atoms with Crippen molar-refractivity contribution in [3.8, 4) is 0 Å². The topological polar surface area (TPSA) is 0 Å². The van der Waals surface area contributed by atoms with Crippen molar-refractivity contribution in [2.24, 2.45) is 5.92 Å². The molecule has 0 fully saturated rings. The molecule has 0 aromatic heterocycles. The number of rotatable bonds is 43. The first-order chi connectivity index (χ1) is 23.3. The van der Waals surface area contributed by atoms with Crippen LogP contribution in [0.1, 0.15) is 297 Å². The lowest BCUT2D eigenvalue weighted by atomic mass is 9.92. The van der Waals surface area contributed by atoms with Crippen LogP contribution in [-0.2, 0) is 0 Å². The van der Waals surface area contributed by atoms with Gasteiger partial charge in [-0.15, -0.1) is 0 Å². The quantitative estimate of drug-likeness (QED) is 0.0571. The predicted molar refractivity (Wildman–Crippen MR) is 219 cm³/mol. The summed E-state index contributed by atoms with van der Waals surface area (Å²) in [6.45, 7) is 7.07. The summed E-state index contributed by atoms with van der Waals surface area (Å²) in [5, 5.41) is 0. The van der Waals surface area contributed by atoms with E-state index in [-0.39, 0.29) is 0 Å². The molecule has 0 aliphatic rings. The summed E-state index contributed by atoms with van der Waals surface area (Å²) in [5.41, 5.74) is 0. The zero-order chi connectivity index (χ0) is 34.0. The van der Waals surface area contributed by atoms with Gasteiger partial charge in [0, 0.05) is 0 Å². The molecular formula is C47H96. The SMILES string of the molecule is CCCCCCCCCCCCCCCCCCCCCCC(CC)CCCCCCCCCCCCCCCCCCCCCC. The molecule has 0 heterocycles. The van der Waals surface area contributed by atoms with Crippen molar-refractivity contribution in [1.29, 1.82) is 0 Å². The highest BCUT2D eigenvalue weighted by molar-refractivity contribution is 4.60. The fraction of sp³-hybridized carbons (Fsp3) is 1.00. The van der Waals surface area contributed by atoms with Crippen molar-refractivity contribution in [3.05, 3.63) is 0 Å². The van der Waals surface area contributed by atoms with E-state index < -0.39 is 0 Å². The van der Waals surface area contributed by atoms with Crippen molar-refractivity contribution >= 4 is 0 Å².